The Morgan fingerprint density at radius 2 is 1.88 bits per heavy atom. The third kappa shape index (κ3) is 3.52. The lowest BCUT2D eigenvalue weighted by Crippen LogP contribution is -2.10. The first-order valence-electron chi connectivity index (χ1n) is 4.57. The standard InChI is InChI=1S/C9H13N5O2/c1-5(2)6(15)3-4-16-9-13-7(10)12-8(11)14-9/h1,3-4H2,2H3,(H4,10,11,12,13,14). The number of anilines is 2. The van der Waals surface area contributed by atoms with Crippen LogP contribution in [0.3, 0.4) is 0 Å². The summed E-state index contributed by atoms with van der Waals surface area (Å²) in [6, 6.07) is 0.0134. The summed E-state index contributed by atoms with van der Waals surface area (Å²) in [5.74, 6) is -0.113. The molecule has 0 bridgehead atoms. The van der Waals surface area contributed by atoms with Gasteiger partial charge in [-0.05, 0) is 12.5 Å². The second kappa shape index (κ2) is 5.06. The Bertz CT molecular complexity index is 398. The summed E-state index contributed by atoms with van der Waals surface area (Å²) in [5.41, 5.74) is 11.2. The molecule has 0 atom stereocenters. The highest BCUT2D eigenvalue weighted by Gasteiger charge is 2.05. The first kappa shape index (κ1) is 11.9. The molecule has 7 nitrogen and oxygen atoms in total. The SMILES string of the molecule is C=C(C)C(=O)CCOc1nc(N)nc(N)n1. The fraction of sp³-hybridized carbons (Fsp3) is 0.333. The van der Waals surface area contributed by atoms with Gasteiger partial charge in [0.15, 0.2) is 5.78 Å². The lowest BCUT2D eigenvalue weighted by atomic mass is 10.2. The van der Waals surface area contributed by atoms with Gasteiger partial charge in [-0.2, -0.15) is 15.0 Å². The van der Waals surface area contributed by atoms with Gasteiger partial charge in [0.2, 0.25) is 11.9 Å². The van der Waals surface area contributed by atoms with Crippen molar-refractivity contribution in [3.8, 4) is 6.01 Å². The van der Waals surface area contributed by atoms with Crippen LogP contribution >= 0.6 is 0 Å². The van der Waals surface area contributed by atoms with Crippen LogP contribution in [0.2, 0.25) is 0 Å². The van der Waals surface area contributed by atoms with E-state index in [1.165, 1.54) is 0 Å². The van der Waals surface area contributed by atoms with Crippen molar-refractivity contribution in [2.24, 2.45) is 0 Å². The molecular formula is C9H13N5O2. The van der Waals surface area contributed by atoms with Crippen molar-refractivity contribution in [3.05, 3.63) is 12.2 Å². The van der Waals surface area contributed by atoms with Crippen LogP contribution in [-0.2, 0) is 4.79 Å². The first-order valence-corrected chi connectivity index (χ1v) is 4.57. The Hall–Kier alpha value is -2.18. The van der Waals surface area contributed by atoms with Crippen LogP contribution in [0.25, 0.3) is 0 Å². The number of hydrogen-bond donors (Lipinski definition) is 2. The topological polar surface area (TPSA) is 117 Å². The van der Waals surface area contributed by atoms with E-state index in [1.807, 2.05) is 0 Å². The van der Waals surface area contributed by atoms with Gasteiger partial charge >= 0.3 is 6.01 Å². The summed E-state index contributed by atoms with van der Waals surface area (Å²) in [5, 5.41) is 0. The third-order valence-corrected chi connectivity index (χ3v) is 1.69. The summed E-state index contributed by atoms with van der Waals surface area (Å²) in [6.45, 7) is 5.31. The highest BCUT2D eigenvalue weighted by Crippen LogP contribution is 2.06. The predicted molar refractivity (Wildman–Crippen MR) is 58.6 cm³/mol. The van der Waals surface area contributed by atoms with E-state index in [2.05, 4.69) is 21.5 Å². The van der Waals surface area contributed by atoms with Crippen molar-refractivity contribution >= 4 is 17.7 Å². The minimum atomic E-state index is -0.0741. The van der Waals surface area contributed by atoms with Crippen molar-refractivity contribution in [1.29, 1.82) is 0 Å². The minimum Gasteiger partial charge on any atom is -0.463 e. The molecule has 0 aromatic carbocycles. The number of rotatable bonds is 5. The summed E-state index contributed by atoms with van der Waals surface area (Å²) >= 11 is 0. The molecule has 0 aliphatic rings. The van der Waals surface area contributed by atoms with Crippen molar-refractivity contribution in [2.45, 2.75) is 13.3 Å². The lowest BCUT2D eigenvalue weighted by molar-refractivity contribution is -0.116. The number of nitrogen functional groups attached to an aromatic ring is 2. The first-order chi connectivity index (χ1) is 7.49. The van der Waals surface area contributed by atoms with Crippen LogP contribution in [0.5, 0.6) is 6.01 Å². The van der Waals surface area contributed by atoms with Crippen molar-refractivity contribution in [1.82, 2.24) is 15.0 Å². The van der Waals surface area contributed by atoms with Gasteiger partial charge in [0.05, 0.1) is 6.61 Å². The molecule has 0 aliphatic heterocycles. The van der Waals surface area contributed by atoms with Crippen LogP contribution in [0.1, 0.15) is 13.3 Å². The summed E-state index contributed by atoms with van der Waals surface area (Å²) in [7, 11) is 0. The second-order valence-corrected chi connectivity index (χ2v) is 3.14. The van der Waals surface area contributed by atoms with E-state index in [0.29, 0.717) is 5.57 Å². The zero-order chi connectivity index (χ0) is 12.1. The van der Waals surface area contributed by atoms with Crippen molar-refractivity contribution < 1.29 is 9.53 Å². The van der Waals surface area contributed by atoms with Gasteiger partial charge in [-0.15, -0.1) is 0 Å². The largest absolute Gasteiger partial charge is 0.463 e. The molecule has 0 saturated carbocycles. The van der Waals surface area contributed by atoms with Crippen LogP contribution in [0, 0.1) is 0 Å². The van der Waals surface area contributed by atoms with Crippen LogP contribution in [0.4, 0.5) is 11.9 Å². The molecule has 0 amide bonds. The normalized spacial score (nSPS) is 9.81. The molecular weight excluding hydrogens is 210 g/mol. The molecule has 0 spiro atoms. The van der Waals surface area contributed by atoms with Crippen LogP contribution in [0.15, 0.2) is 12.2 Å². The maximum atomic E-state index is 11.2. The van der Waals surface area contributed by atoms with Crippen LogP contribution < -0.4 is 16.2 Å². The number of nitrogens with two attached hydrogens (primary N) is 2. The van der Waals surface area contributed by atoms with E-state index >= 15 is 0 Å². The average molecular weight is 223 g/mol. The van der Waals surface area contributed by atoms with Crippen molar-refractivity contribution in [3.63, 3.8) is 0 Å². The third-order valence-electron chi connectivity index (χ3n) is 1.69. The molecule has 4 N–H and O–H groups in total. The van der Waals surface area contributed by atoms with E-state index in [0.717, 1.165) is 0 Å². The smallest absolute Gasteiger partial charge is 0.323 e. The number of aromatic nitrogens is 3. The number of Topliss-reactive ketones (excluding diaryl/α,β-unsaturated/α-hetero) is 1. The Balaban J connectivity index is 2.49. The molecule has 1 heterocycles. The van der Waals surface area contributed by atoms with Gasteiger partial charge < -0.3 is 16.2 Å². The fourth-order valence-corrected chi connectivity index (χ4v) is 0.901. The van der Waals surface area contributed by atoms with Gasteiger partial charge in [0.1, 0.15) is 0 Å². The predicted octanol–water partition coefficient (Wildman–Crippen LogP) is -0.0499. The van der Waals surface area contributed by atoms with Crippen molar-refractivity contribution in [2.75, 3.05) is 18.1 Å². The van der Waals surface area contributed by atoms with E-state index < -0.39 is 0 Å². The Morgan fingerprint density at radius 1 is 1.31 bits per heavy atom. The summed E-state index contributed by atoms with van der Waals surface area (Å²) in [6.07, 6.45) is 0.209. The van der Waals surface area contributed by atoms with Gasteiger partial charge in [-0.3, -0.25) is 4.79 Å². The Labute approximate surface area is 92.5 Å². The lowest BCUT2D eigenvalue weighted by Gasteiger charge is -2.04. The van der Waals surface area contributed by atoms with Crippen LogP contribution in [-0.4, -0.2) is 27.3 Å². The quantitative estimate of drug-likeness (QED) is 0.672. The average Bonchev–Trinajstić information content (AvgIpc) is 2.15. The molecule has 86 valence electrons. The zero-order valence-electron chi connectivity index (χ0n) is 8.93. The number of ether oxygens (including phenoxy) is 1. The highest BCUT2D eigenvalue weighted by molar-refractivity contribution is 5.94. The van der Waals surface area contributed by atoms with E-state index in [4.69, 9.17) is 16.2 Å². The molecule has 16 heavy (non-hydrogen) atoms. The van der Waals surface area contributed by atoms with E-state index in [9.17, 15) is 4.79 Å². The molecule has 0 radical (unpaired) electrons. The summed E-state index contributed by atoms with van der Waals surface area (Å²) < 4.78 is 5.10. The van der Waals surface area contributed by atoms with Gasteiger partial charge in [0.25, 0.3) is 0 Å². The molecule has 1 rings (SSSR count). The molecule has 0 fully saturated rings. The molecule has 7 heteroatoms. The second-order valence-electron chi connectivity index (χ2n) is 3.14. The van der Waals surface area contributed by atoms with E-state index in [1.54, 1.807) is 6.92 Å². The maximum absolute atomic E-state index is 11.2. The zero-order valence-corrected chi connectivity index (χ0v) is 8.93. The van der Waals surface area contributed by atoms with E-state index in [-0.39, 0.29) is 36.7 Å². The Morgan fingerprint density at radius 3 is 2.38 bits per heavy atom. The molecule has 0 saturated heterocycles. The molecule has 1 aromatic rings. The number of allylic oxidation sites excluding steroid dienone is 1. The number of carbonyl (C=O) groups excluding carboxylic acids is 1. The number of ketones is 1. The highest BCUT2D eigenvalue weighted by atomic mass is 16.5. The fourth-order valence-electron chi connectivity index (χ4n) is 0.901. The Kier molecular flexibility index (Phi) is 3.76. The number of nitrogens with zero attached hydrogens (tertiary/aromatic N) is 3. The number of carbonyl (C=O) groups is 1. The van der Waals surface area contributed by atoms with Gasteiger partial charge in [-0.25, -0.2) is 0 Å². The number of hydrogen-bond acceptors (Lipinski definition) is 7. The monoisotopic (exact) mass is 223 g/mol. The molecule has 0 aliphatic carbocycles. The minimum absolute atomic E-state index is 0.0134. The molecule has 1 aromatic heterocycles. The maximum Gasteiger partial charge on any atom is 0.323 e. The molecule has 0 unspecified atom stereocenters. The van der Waals surface area contributed by atoms with Gasteiger partial charge in [-0.1, -0.05) is 6.58 Å². The summed E-state index contributed by atoms with van der Waals surface area (Å²) in [4.78, 5) is 22.2. The van der Waals surface area contributed by atoms with Gasteiger partial charge in [0, 0.05) is 6.42 Å².